The van der Waals surface area contributed by atoms with E-state index < -0.39 is 0 Å². The second-order valence-electron chi connectivity index (χ2n) is 3.63. The first-order chi connectivity index (χ1) is 8.58. The monoisotopic (exact) mass is 282 g/mol. The summed E-state index contributed by atoms with van der Waals surface area (Å²) in [5, 5.41) is 8.66. The van der Waals surface area contributed by atoms with E-state index in [2.05, 4.69) is 10.2 Å². The Balaban J connectivity index is 2.30. The third-order valence-electron chi connectivity index (χ3n) is 2.29. The van der Waals surface area contributed by atoms with Gasteiger partial charge in [0, 0.05) is 5.02 Å². The number of amides is 1. The molecule has 0 fully saturated rings. The number of hydrogen-bond acceptors (Lipinski definition) is 4. The number of hydrogen-bond donors (Lipinski definition) is 1. The van der Waals surface area contributed by atoms with E-state index in [0.717, 1.165) is 5.69 Å². The molecule has 0 aliphatic rings. The molecule has 2 aromatic rings. The van der Waals surface area contributed by atoms with Crippen LogP contribution in [0.15, 0.2) is 35.7 Å². The third-order valence-corrected chi connectivity index (χ3v) is 3.60. The average Bonchev–Trinajstić information content (AvgIpc) is 2.77. The normalized spacial score (nSPS) is 12.3. The van der Waals surface area contributed by atoms with Crippen molar-refractivity contribution in [2.45, 2.75) is 17.3 Å². The van der Waals surface area contributed by atoms with Gasteiger partial charge in [-0.15, -0.1) is 10.2 Å². The second-order valence-corrected chi connectivity index (χ2v) is 5.37. The fourth-order valence-corrected chi connectivity index (χ4v) is 2.30. The van der Waals surface area contributed by atoms with Gasteiger partial charge in [-0.2, -0.15) is 0 Å². The first kappa shape index (κ1) is 12.9. The van der Waals surface area contributed by atoms with E-state index in [4.69, 9.17) is 17.3 Å². The zero-order valence-electron chi connectivity index (χ0n) is 9.58. The maximum absolute atomic E-state index is 11.1. The van der Waals surface area contributed by atoms with Crippen LogP contribution in [0.3, 0.4) is 0 Å². The molecule has 0 spiro atoms. The number of nitrogens with two attached hydrogens (primary N) is 1. The van der Waals surface area contributed by atoms with Crippen LogP contribution in [0.1, 0.15) is 6.92 Å². The van der Waals surface area contributed by atoms with E-state index in [9.17, 15) is 4.79 Å². The molecule has 1 amide bonds. The summed E-state index contributed by atoms with van der Waals surface area (Å²) in [5.41, 5.74) is 6.07. The smallest absolute Gasteiger partial charge is 0.230 e. The number of carbonyl (C=O) groups is 1. The van der Waals surface area contributed by atoms with E-state index in [-0.39, 0.29) is 11.2 Å². The zero-order chi connectivity index (χ0) is 13.1. The molecule has 0 saturated heterocycles. The van der Waals surface area contributed by atoms with Crippen molar-refractivity contribution in [1.82, 2.24) is 14.8 Å². The van der Waals surface area contributed by atoms with Crippen LogP contribution in [0.5, 0.6) is 0 Å². The highest BCUT2D eigenvalue weighted by atomic mass is 35.5. The van der Waals surface area contributed by atoms with Gasteiger partial charge in [0.1, 0.15) is 6.33 Å². The average molecular weight is 283 g/mol. The van der Waals surface area contributed by atoms with Crippen LogP contribution in [0, 0.1) is 0 Å². The van der Waals surface area contributed by atoms with E-state index in [1.165, 1.54) is 11.8 Å². The molecule has 1 aromatic heterocycles. The maximum Gasteiger partial charge on any atom is 0.230 e. The molecule has 1 atom stereocenters. The summed E-state index contributed by atoms with van der Waals surface area (Å²) in [6, 6.07) is 7.30. The topological polar surface area (TPSA) is 73.8 Å². The molecule has 0 radical (unpaired) electrons. The van der Waals surface area contributed by atoms with Gasteiger partial charge < -0.3 is 5.73 Å². The summed E-state index contributed by atoms with van der Waals surface area (Å²) in [6.07, 6.45) is 1.57. The predicted molar refractivity (Wildman–Crippen MR) is 70.9 cm³/mol. The fraction of sp³-hybridized carbons (Fsp3) is 0.182. The van der Waals surface area contributed by atoms with Gasteiger partial charge in [-0.1, -0.05) is 29.4 Å². The second kappa shape index (κ2) is 5.41. The Morgan fingerprint density at radius 2 is 2.33 bits per heavy atom. The number of nitrogens with zero attached hydrogens (tertiary/aromatic N) is 3. The van der Waals surface area contributed by atoms with Gasteiger partial charge in [-0.05, 0) is 25.1 Å². The molecule has 0 aliphatic carbocycles. The molecular weight excluding hydrogens is 272 g/mol. The molecule has 0 saturated carbocycles. The lowest BCUT2D eigenvalue weighted by Gasteiger charge is -2.08. The van der Waals surface area contributed by atoms with Gasteiger partial charge >= 0.3 is 0 Å². The van der Waals surface area contributed by atoms with Crippen LogP contribution in [-0.4, -0.2) is 25.9 Å². The van der Waals surface area contributed by atoms with Crippen LogP contribution in [0.4, 0.5) is 0 Å². The number of aromatic nitrogens is 3. The number of benzene rings is 1. The molecule has 1 heterocycles. The SMILES string of the molecule is C[C@H](Sc1nncn1-c1cccc(Cl)c1)C(N)=O. The molecule has 18 heavy (non-hydrogen) atoms. The predicted octanol–water partition coefficient (Wildman–Crippen LogP) is 1.89. The van der Waals surface area contributed by atoms with E-state index in [0.29, 0.717) is 10.2 Å². The van der Waals surface area contributed by atoms with E-state index in [1.54, 1.807) is 30.0 Å². The van der Waals surface area contributed by atoms with Crippen LogP contribution in [-0.2, 0) is 4.79 Å². The van der Waals surface area contributed by atoms with Gasteiger partial charge in [-0.3, -0.25) is 9.36 Å². The summed E-state index contributed by atoms with van der Waals surface area (Å²) in [4.78, 5) is 11.1. The quantitative estimate of drug-likeness (QED) is 0.869. The fourth-order valence-electron chi connectivity index (χ4n) is 1.32. The molecule has 2 rings (SSSR count). The van der Waals surface area contributed by atoms with Crippen molar-refractivity contribution in [2.24, 2.45) is 5.73 Å². The Bertz CT molecular complexity index is 572. The van der Waals surface area contributed by atoms with Gasteiger partial charge in [0.15, 0.2) is 5.16 Å². The molecule has 0 unspecified atom stereocenters. The van der Waals surface area contributed by atoms with Crippen LogP contribution in [0.25, 0.3) is 5.69 Å². The van der Waals surface area contributed by atoms with Crippen molar-refractivity contribution in [2.75, 3.05) is 0 Å². The molecule has 5 nitrogen and oxygen atoms in total. The highest BCUT2D eigenvalue weighted by Gasteiger charge is 2.15. The molecule has 7 heteroatoms. The van der Waals surface area contributed by atoms with Crippen molar-refractivity contribution in [1.29, 1.82) is 0 Å². The van der Waals surface area contributed by atoms with Gasteiger partial charge in [0.05, 0.1) is 10.9 Å². The number of carbonyl (C=O) groups excluding carboxylic acids is 1. The van der Waals surface area contributed by atoms with Crippen molar-refractivity contribution < 1.29 is 4.79 Å². The van der Waals surface area contributed by atoms with Crippen molar-refractivity contribution >= 4 is 29.3 Å². The molecule has 2 N–H and O–H groups in total. The van der Waals surface area contributed by atoms with E-state index >= 15 is 0 Å². The third kappa shape index (κ3) is 2.83. The molecule has 1 aromatic carbocycles. The largest absolute Gasteiger partial charge is 0.369 e. The van der Waals surface area contributed by atoms with Crippen LogP contribution in [0.2, 0.25) is 5.02 Å². The maximum atomic E-state index is 11.1. The molecule has 0 aliphatic heterocycles. The van der Waals surface area contributed by atoms with Crippen LogP contribution < -0.4 is 5.73 Å². The zero-order valence-corrected chi connectivity index (χ0v) is 11.1. The number of halogens is 1. The highest BCUT2D eigenvalue weighted by Crippen LogP contribution is 2.24. The van der Waals surface area contributed by atoms with Gasteiger partial charge in [0.25, 0.3) is 0 Å². The highest BCUT2D eigenvalue weighted by molar-refractivity contribution is 8.00. The lowest BCUT2D eigenvalue weighted by atomic mass is 10.3. The van der Waals surface area contributed by atoms with Crippen molar-refractivity contribution in [3.63, 3.8) is 0 Å². The first-order valence-corrected chi connectivity index (χ1v) is 6.45. The Morgan fingerprint density at radius 3 is 3.00 bits per heavy atom. The Morgan fingerprint density at radius 1 is 1.56 bits per heavy atom. The Labute approximate surface area is 113 Å². The standard InChI is InChI=1S/C11H11ClN4OS/c1-7(10(13)17)18-11-15-14-6-16(11)9-4-2-3-8(12)5-9/h2-7H,1H3,(H2,13,17)/t7-/m0/s1. The number of primary amides is 1. The first-order valence-electron chi connectivity index (χ1n) is 5.20. The number of thioether (sulfide) groups is 1. The van der Waals surface area contributed by atoms with E-state index in [1.807, 2.05) is 12.1 Å². The molecule has 94 valence electrons. The minimum Gasteiger partial charge on any atom is -0.369 e. The van der Waals surface area contributed by atoms with Gasteiger partial charge in [-0.25, -0.2) is 0 Å². The number of rotatable bonds is 4. The minimum absolute atomic E-state index is 0.368. The van der Waals surface area contributed by atoms with Crippen LogP contribution >= 0.6 is 23.4 Å². The van der Waals surface area contributed by atoms with Crippen molar-refractivity contribution in [3.05, 3.63) is 35.6 Å². The summed E-state index contributed by atoms with van der Waals surface area (Å²) >= 11 is 7.19. The Kier molecular flexibility index (Phi) is 3.88. The summed E-state index contributed by atoms with van der Waals surface area (Å²) in [5.74, 6) is -0.388. The molecular formula is C11H11ClN4OS. The summed E-state index contributed by atoms with van der Waals surface area (Å²) in [7, 11) is 0. The molecule has 0 bridgehead atoms. The summed E-state index contributed by atoms with van der Waals surface area (Å²) in [6.45, 7) is 1.73. The van der Waals surface area contributed by atoms with Gasteiger partial charge in [0.2, 0.25) is 5.91 Å². The lowest BCUT2D eigenvalue weighted by molar-refractivity contribution is -0.117. The Hall–Kier alpha value is -1.53. The summed E-state index contributed by atoms with van der Waals surface area (Å²) < 4.78 is 1.76. The minimum atomic E-state index is -0.388. The lowest BCUT2D eigenvalue weighted by Crippen LogP contribution is -2.22. The van der Waals surface area contributed by atoms with Crippen molar-refractivity contribution in [3.8, 4) is 5.69 Å².